The Morgan fingerprint density at radius 2 is 1.53 bits per heavy atom. The minimum absolute atomic E-state index is 0.0422. The Bertz CT molecular complexity index is 1970. The molecule has 0 spiro atoms. The third kappa shape index (κ3) is 7.06. The molecule has 0 saturated carbocycles. The third-order valence-corrected chi connectivity index (χ3v) is 10.1. The summed E-state index contributed by atoms with van der Waals surface area (Å²) >= 11 is 0. The van der Waals surface area contributed by atoms with Gasteiger partial charge in [-0.3, -0.25) is 10.3 Å². The van der Waals surface area contributed by atoms with Crippen molar-refractivity contribution >= 4 is 17.2 Å². The van der Waals surface area contributed by atoms with Crippen molar-refractivity contribution in [2.45, 2.75) is 57.3 Å². The SMILES string of the molecule is CC1C=C(C2=NC(C3C=CC(C4NC(c5ccccc5)=CC(c5cccc(-c6ccccc6)c5)N4)=CC3)=NC(C3=CCCC=C3)C2)C=CC1. The lowest BCUT2D eigenvalue weighted by Gasteiger charge is -2.35. The molecule has 4 heteroatoms. The van der Waals surface area contributed by atoms with E-state index in [9.17, 15) is 0 Å². The Balaban J connectivity index is 1.06. The molecular weight excluding hydrogens is 597 g/mol. The highest BCUT2D eigenvalue weighted by Gasteiger charge is 2.29. The molecule has 0 aromatic heterocycles. The largest absolute Gasteiger partial charge is 0.366 e. The molecule has 3 aliphatic carbocycles. The second-order valence-corrected chi connectivity index (χ2v) is 13.8. The minimum atomic E-state index is -0.0422. The fourth-order valence-electron chi connectivity index (χ4n) is 7.46. The summed E-state index contributed by atoms with van der Waals surface area (Å²) in [6.45, 7) is 2.29. The van der Waals surface area contributed by atoms with Crippen LogP contribution in [0, 0.1) is 11.8 Å². The molecule has 0 saturated heterocycles. The van der Waals surface area contributed by atoms with Crippen molar-refractivity contribution in [1.29, 1.82) is 0 Å². The monoisotopic (exact) mass is 640 g/mol. The van der Waals surface area contributed by atoms with E-state index >= 15 is 0 Å². The number of nitrogens with zero attached hydrogens (tertiary/aromatic N) is 2. The number of allylic oxidation sites excluding steroid dienone is 7. The first-order valence-electron chi connectivity index (χ1n) is 17.9. The predicted molar refractivity (Wildman–Crippen MR) is 205 cm³/mol. The van der Waals surface area contributed by atoms with Crippen LogP contribution in [0.2, 0.25) is 0 Å². The van der Waals surface area contributed by atoms with Gasteiger partial charge in [-0.1, -0.05) is 140 Å². The normalized spacial score (nSPS) is 26.4. The van der Waals surface area contributed by atoms with E-state index in [0.29, 0.717) is 5.92 Å². The van der Waals surface area contributed by atoms with Gasteiger partial charge >= 0.3 is 0 Å². The van der Waals surface area contributed by atoms with Crippen molar-refractivity contribution in [2.75, 3.05) is 0 Å². The molecule has 2 aliphatic heterocycles. The maximum Gasteiger partial charge on any atom is 0.131 e. The predicted octanol–water partition coefficient (Wildman–Crippen LogP) is 9.87. The van der Waals surface area contributed by atoms with Gasteiger partial charge in [0.05, 0.1) is 17.8 Å². The number of hydrogen-bond acceptors (Lipinski definition) is 4. The van der Waals surface area contributed by atoms with Crippen molar-refractivity contribution in [1.82, 2.24) is 10.6 Å². The van der Waals surface area contributed by atoms with Gasteiger partial charge in [0.2, 0.25) is 0 Å². The van der Waals surface area contributed by atoms with E-state index < -0.39 is 0 Å². The quantitative estimate of drug-likeness (QED) is 0.270. The van der Waals surface area contributed by atoms with Gasteiger partial charge in [0, 0.05) is 18.0 Å². The second kappa shape index (κ2) is 14.2. The molecule has 0 amide bonds. The standard InChI is InChI=1S/C45H44N4/c1-31-13-11-21-38(27-31)42-29-40(33-16-7-3-8-17-33)46-44(48-42)35-23-25-36(26-24-35)45-47-41(34-18-9-4-10-19-34)30-43(49-45)39-22-12-20-37(28-39)32-14-5-2-6-15-32/h2,4-7,9-12,14-23,25-28,30-31,35,40,43,45,47,49H,3,8,13,24,29H2,1H3. The zero-order chi connectivity index (χ0) is 33.0. The number of hydrogen-bond donors (Lipinski definition) is 2. The minimum Gasteiger partial charge on any atom is -0.366 e. The van der Waals surface area contributed by atoms with Gasteiger partial charge in [0.25, 0.3) is 0 Å². The van der Waals surface area contributed by atoms with Gasteiger partial charge in [0.15, 0.2) is 0 Å². The smallest absolute Gasteiger partial charge is 0.131 e. The van der Waals surface area contributed by atoms with Gasteiger partial charge in [-0.25, -0.2) is 4.99 Å². The zero-order valence-electron chi connectivity index (χ0n) is 28.2. The summed E-state index contributed by atoms with van der Waals surface area (Å²) in [6, 6.07) is 30.4. The Kier molecular flexibility index (Phi) is 9.05. The Morgan fingerprint density at radius 3 is 2.29 bits per heavy atom. The van der Waals surface area contributed by atoms with E-state index in [1.807, 2.05) is 0 Å². The van der Waals surface area contributed by atoms with E-state index in [2.05, 4.69) is 163 Å². The fraction of sp³-hybridized carbons (Fsp3) is 0.244. The summed E-state index contributed by atoms with van der Waals surface area (Å²) in [4.78, 5) is 10.6. The third-order valence-electron chi connectivity index (χ3n) is 10.1. The number of benzene rings is 3. The molecular formula is C45H44N4. The molecule has 2 heterocycles. The van der Waals surface area contributed by atoms with Gasteiger partial charge in [0.1, 0.15) is 12.0 Å². The average Bonchev–Trinajstić information content (AvgIpc) is 3.19. The Hall–Kier alpha value is -5.06. The van der Waals surface area contributed by atoms with Crippen LogP contribution in [0.25, 0.3) is 16.8 Å². The van der Waals surface area contributed by atoms with Crippen molar-refractivity contribution in [3.05, 3.63) is 174 Å². The molecule has 8 rings (SSSR count). The van der Waals surface area contributed by atoms with Crippen LogP contribution in [-0.4, -0.2) is 23.8 Å². The highest BCUT2D eigenvalue weighted by atomic mass is 15.2. The molecule has 244 valence electrons. The van der Waals surface area contributed by atoms with Crippen LogP contribution in [0.5, 0.6) is 0 Å². The molecule has 3 aromatic rings. The fourth-order valence-corrected chi connectivity index (χ4v) is 7.46. The first kappa shape index (κ1) is 31.2. The molecule has 5 atom stereocenters. The Morgan fingerprint density at radius 1 is 0.714 bits per heavy atom. The second-order valence-electron chi connectivity index (χ2n) is 13.8. The van der Waals surface area contributed by atoms with Crippen LogP contribution >= 0.6 is 0 Å². The molecule has 2 N–H and O–H groups in total. The summed E-state index contributed by atoms with van der Waals surface area (Å²) in [7, 11) is 0. The lowest BCUT2D eigenvalue weighted by Crippen LogP contribution is -2.47. The van der Waals surface area contributed by atoms with E-state index in [4.69, 9.17) is 9.98 Å². The first-order valence-corrected chi connectivity index (χ1v) is 17.9. The van der Waals surface area contributed by atoms with E-state index in [0.717, 1.165) is 43.6 Å². The number of amidine groups is 1. The Labute approximate surface area is 290 Å². The van der Waals surface area contributed by atoms with Crippen LogP contribution < -0.4 is 10.6 Å². The van der Waals surface area contributed by atoms with E-state index in [1.54, 1.807) is 0 Å². The van der Waals surface area contributed by atoms with E-state index in [1.165, 1.54) is 44.7 Å². The summed E-state index contributed by atoms with van der Waals surface area (Å²) in [5, 5.41) is 7.75. The summed E-state index contributed by atoms with van der Waals surface area (Å²) in [5.41, 5.74) is 11.0. The van der Waals surface area contributed by atoms with Crippen molar-refractivity contribution in [3.63, 3.8) is 0 Å². The lowest BCUT2D eigenvalue weighted by atomic mass is 9.87. The maximum absolute atomic E-state index is 5.30. The number of aliphatic imine (C=N–C) groups is 2. The number of rotatable bonds is 7. The summed E-state index contributed by atoms with van der Waals surface area (Å²) in [6.07, 6.45) is 28.2. The summed E-state index contributed by atoms with van der Waals surface area (Å²) < 4.78 is 0. The van der Waals surface area contributed by atoms with Crippen LogP contribution in [0.4, 0.5) is 0 Å². The highest BCUT2D eigenvalue weighted by molar-refractivity contribution is 6.11. The van der Waals surface area contributed by atoms with Crippen LogP contribution in [0.15, 0.2) is 172 Å². The number of nitrogens with one attached hydrogen (secondary N) is 2. The molecule has 5 unspecified atom stereocenters. The van der Waals surface area contributed by atoms with Crippen molar-refractivity contribution in [2.24, 2.45) is 21.8 Å². The van der Waals surface area contributed by atoms with Gasteiger partial charge in [-0.2, -0.15) is 0 Å². The van der Waals surface area contributed by atoms with Crippen molar-refractivity contribution in [3.8, 4) is 11.1 Å². The van der Waals surface area contributed by atoms with Crippen LogP contribution in [-0.2, 0) is 0 Å². The van der Waals surface area contributed by atoms with Gasteiger partial charge in [-0.15, -0.1) is 0 Å². The molecule has 0 bridgehead atoms. The zero-order valence-corrected chi connectivity index (χ0v) is 28.2. The molecule has 5 aliphatic rings. The topological polar surface area (TPSA) is 48.8 Å². The summed E-state index contributed by atoms with van der Waals surface area (Å²) in [5.74, 6) is 1.63. The molecule has 0 fully saturated rings. The highest BCUT2D eigenvalue weighted by Crippen LogP contribution is 2.33. The van der Waals surface area contributed by atoms with Crippen LogP contribution in [0.3, 0.4) is 0 Å². The van der Waals surface area contributed by atoms with Crippen LogP contribution in [0.1, 0.15) is 56.2 Å². The van der Waals surface area contributed by atoms with E-state index in [-0.39, 0.29) is 24.2 Å². The van der Waals surface area contributed by atoms with Gasteiger partial charge < -0.3 is 5.32 Å². The maximum atomic E-state index is 5.30. The lowest BCUT2D eigenvalue weighted by molar-refractivity contribution is 0.478. The molecule has 49 heavy (non-hydrogen) atoms. The van der Waals surface area contributed by atoms with Gasteiger partial charge in [-0.05, 0) is 82.7 Å². The molecule has 0 radical (unpaired) electrons. The molecule has 3 aromatic carbocycles. The average molecular weight is 641 g/mol. The first-order chi connectivity index (χ1) is 24.2. The molecule has 4 nitrogen and oxygen atoms in total. The van der Waals surface area contributed by atoms with Crippen molar-refractivity contribution < 1.29 is 0 Å².